The van der Waals surface area contributed by atoms with Gasteiger partial charge >= 0.3 is 5.97 Å². The summed E-state index contributed by atoms with van der Waals surface area (Å²) in [5.74, 6) is 0.442. The van der Waals surface area contributed by atoms with E-state index in [9.17, 15) is 4.79 Å². The van der Waals surface area contributed by atoms with Crippen LogP contribution in [0.25, 0.3) is 0 Å². The fourth-order valence-corrected chi connectivity index (χ4v) is 2.19. The van der Waals surface area contributed by atoms with Gasteiger partial charge in [-0.25, -0.2) is 9.78 Å². The number of nitrogens with one attached hydrogen (secondary N) is 1. The molecule has 0 spiro atoms. The Bertz CT molecular complexity index is 625. The van der Waals surface area contributed by atoms with Gasteiger partial charge in [-0.3, -0.25) is 0 Å². The van der Waals surface area contributed by atoms with Crippen LogP contribution >= 0.6 is 11.6 Å². The quantitative estimate of drug-likeness (QED) is 0.880. The summed E-state index contributed by atoms with van der Waals surface area (Å²) in [5.41, 5.74) is 1.07. The average Bonchev–Trinajstić information content (AvgIpc) is 2.86. The summed E-state index contributed by atoms with van der Waals surface area (Å²) in [6.45, 7) is 1.97. The number of nitrogens with zero attached hydrogens (tertiary/aromatic N) is 2. The van der Waals surface area contributed by atoms with Crippen molar-refractivity contribution in [2.75, 3.05) is 12.4 Å². The molecule has 1 N–H and O–H groups in total. The number of halogens is 1. The van der Waals surface area contributed by atoms with Crippen molar-refractivity contribution < 1.29 is 9.53 Å². The Labute approximate surface area is 122 Å². The van der Waals surface area contributed by atoms with E-state index in [0.717, 1.165) is 5.82 Å². The van der Waals surface area contributed by atoms with Crippen LogP contribution in [0.4, 0.5) is 5.69 Å². The first-order chi connectivity index (χ1) is 9.52. The van der Waals surface area contributed by atoms with Crippen molar-refractivity contribution in [2.45, 2.75) is 13.0 Å². The second kappa shape index (κ2) is 5.96. The van der Waals surface area contributed by atoms with E-state index in [1.165, 1.54) is 7.11 Å². The molecule has 1 unspecified atom stereocenters. The minimum Gasteiger partial charge on any atom is -0.465 e. The van der Waals surface area contributed by atoms with Crippen LogP contribution in [0.15, 0.2) is 30.6 Å². The number of imidazole rings is 1. The van der Waals surface area contributed by atoms with Gasteiger partial charge in [-0.2, -0.15) is 0 Å². The Hall–Kier alpha value is -2.01. The van der Waals surface area contributed by atoms with Crippen molar-refractivity contribution in [3.05, 3.63) is 47.0 Å². The number of methoxy groups -OCH3 is 1. The van der Waals surface area contributed by atoms with Crippen LogP contribution in [0.5, 0.6) is 0 Å². The zero-order valence-corrected chi connectivity index (χ0v) is 12.3. The van der Waals surface area contributed by atoms with E-state index in [0.29, 0.717) is 16.3 Å². The summed E-state index contributed by atoms with van der Waals surface area (Å²) in [7, 11) is 3.26. The Kier molecular flexibility index (Phi) is 4.29. The van der Waals surface area contributed by atoms with Gasteiger partial charge in [0.15, 0.2) is 0 Å². The lowest BCUT2D eigenvalue weighted by molar-refractivity contribution is 0.0602. The summed E-state index contributed by atoms with van der Waals surface area (Å²) in [6, 6.07) is 5.01. The maximum atomic E-state index is 11.8. The summed E-state index contributed by atoms with van der Waals surface area (Å²) in [6.07, 6.45) is 3.60. The normalized spacial score (nSPS) is 12.0. The molecule has 0 aliphatic carbocycles. The molecule has 0 radical (unpaired) electrons. The first-order valence-corrected chi connectivity index (χ1v) is 6.52. The predicted octanol–water partition coefficient (Wildman–Crippen LogP) is 3.03. The van der Waals surface area contributed by atoms with Gasteiger partial charge in [-0.15, -0.1) is 0 Å². The highest BCUT2D eigenvalue weighted by Crippen LogP contribution is 2.25. The Morgan fingerprint density at radius 1 is 1.50 bits per heavy atom. The molecule has 1 heterocycles. The second-order valence-corrected chi connectivity index (χ2v) is 4.88. The van der Waals surface area contributed by atoms with E-state index in [1.807, 2.05) is 24.7 Å². The zero-order chi connectivity index (χ0) is 14.7. The number of carbonyl (C=O) groups excluding carboxylic acids is 1. The van der Waals surface area contributed by atoms with Gasteiger partial charge in [0.25, 0.3) is 0 Å². The number of carbonyl (C=O) groups is 1. The molecule has 106 valence electrons. The number of aryl methyl sites for hydroxylation is 1. The van der Waals surface area contributed by atoms with E-state index in [2.05, 4.69) is 10.3 Å². The van der Waals surface area contributed by atoms with E-state index < -0.39 is 5.97 Å². The monoisotopic (exact) mass is 293 g/mol. The van der Waals surface area contributed by atoms with Crippen LogP contribution in [0.1, 0.15) is 29.1 Å². The molecule has 1 aromatic heterocycles. The van der Waals surface area contributed by atoms with Crippen molar-refractivity contribution in [1.29, 1.82) is 0 Å². The lowest BCUT2D eigenvalue weighted by atomic mass is 10.1. The number of anilines is 1. The minimum absolute atomic E-state index is 0.0559. The number of benzene rings is 1. The van der Waals surface area contributed by atoms with E-state index in [1.54, 1.807) is 24.4 Å². The third kappa shape index (κ3) is 2.93. The number of hydrogen-bond acceptors (Lipinski definition) is 4. The molecule has 0 fully saturated rings. The molecule has 1 atom stereocenters. The third-order valence-corrected chi connectivity index (χ3v) is 3.24. The van der Waals surface area contributed by atoms with Crippen LogP contribution in [-0.4, -0.2) is 22.6 Å². The second-order valence-electron chi connectivity index (χ2n) is 4.44. The summed E-state index contributed by atoms with van der Waals surface area (Å²) >= 11 is 5.93. The number of aromatic nitrogens is 2. The fourth-order valence-electron chi connectivity index (χ4n) is 2.01. The molecule has 2 aromatic rings. The van der Waals surface area contributed by atoms with Crippen LogP contribution in [0.2, 0.25) is 5.02 Å². The molecule has 0 amide bonds. The molecule has 6 heteroatoms. The first kappa shape index (κ1) is 14.4. The highest BCUT2D eigenvalue weighted by atomic mass is 35.5. The maximum absolute atomic E-state index is 11.8. The summed E-state index contributed by atoms with van der Waals surface area (Å²) in [5, 5.41) is 3.74. The van der Waals surface area contributed by atoms with Gasteiger partial charge in [0.2, 0.25) is 0 Å². The molecule has 5 nitrogen and oxygen atoms in total. The zero-order valence-electron chi connectivity index (χ0n) is 11.6. The van der Waals surface area contributed by atoms with E-state index in [-0.39, 0.29) is 6.04 Å². The maximum Gasteiger partial charge on any atom is 0.340 e. The highest BCUT2D eigenvalue weighted by molar-refractivity contribution is 6.31. The van der Waals surface area contributed by atoms with E-state index >= 15 is 0 Å². The molecular formula is C14H16ClN3O2. The number of esters is 1. The minimum atomic E-state index is -0.429. The largest absolute Gasteiger partial charge is 0.465 e. The molecule has 0 saturated heterocycles. The first-order valence-electron chi connectivity index (χ1n) is 6.14. The van der Waals surface area contributed by atoms with Crippen LogP contribution in [0.3, 0.4) is 0 Å². The van der Waals surface area contributed by atoms with Crippen molar-refractivity contribution >= 4 is 23.3 Å². The fraction of sp³-hybridized carbons (Fsp3) is 0.286. The molecule has 0 aliphatic rings. The van der Waals surface area contributed by atoms with Gasteiger partial charge in [0.05, 0.1) is 18.7 Å². The van der Waals surface area contributed by atoms with E-state index in [4.69, 9.17) is 16.3 Å². The SMILES string of the molecule is COC(=O)c1cc(Cl)ccc1NC(C)c1nccn1C. The van der Waals surface area contributed by atoms with Gasteiger partial charge in [0, 0.05) is 30.2 Å². The number of ether oxygens (including phenoxy) is 1. The predicted molar refractivity (Wildman–Crippen MR) is 78.0 cm³/mol. The molecular weight excluding hydrogens is 278 g/mol. The Morgan fingerprint density at radius 2 is 2.25 bits per heavy atom. The van der Waals surface area contributed by atoms with Crippen molar-refractivity contribution in [3.8, 4) is 0 Å². The van der Waals surface area contributed by atoms with Crippen molar-refractivity contribution in [1.82, 2.24) is 9.55 Å². The molecule has 0 saturated carbocycles. The van der Waals surface area contributed by atoms with Gasteiger partial charge in [-0.1, -0.05) is 11.6 Å². The van der Waals surface area contributed by atoms with Crippen LogP contribution in [-0.2, 0) is 11.8 Å². The molecule has 1 aromatic carbocycles. The van der Waals surface area contributed by atoms with Crippen LogP contribution < -0.4 is 5.32 Å². The summed E-state index contributed by atoms with van der Waals surface area (Å²) in [4.78, 5) is 16.1. The lowest BCUT2D eigenvalue weighted by Gasteiger charge is -2.17. The van der Waals surface area contributed by atoms with Crippen LogP contribution in [0, 0.1) is 0 Å². The van der Waals surface area contributed by atoms with Gasteiger partial charge < -0.3 is 14.6 Å². The number of hydrogen-bond donors (Lipinski definition) is 1. The molecule has 2 rings (SSSR count). The average molecular weight is 294 g/mol. The molecule has 0 bridgehead atoms. The Balaban J connectivity index is 2.29. The Morgan fingerprint density at radius 3 is 2.85 bits per heavy atom. The van der Waals surface area contributed by atoms with Crippen molar-refractivity contribution in [2.24, 2.45) is 7.05 Å². The van der Waals surface area contributed by atoms with Crippen molar-refractivity contribution in [3.63, 3.8) is 0 Å². The molecule has 0 aliphatic heterocycles. The summed E-state index contributed by atoms with van der Waals surface area (Å²) < 4.78 is 6.69. The topological polar surface area (TPSA) is 56.1 Å². The highest BCUT2D eigenvalue weighted by Gasteiger charge is 2.16. The lowest BCUT2D eigenvalue weighted by Crippen LogP contribution is -2.14. The third-order valence-electron chi connectivity index (χ3n) is 3.00. The van der Waals surface area contributed by atoms with Gasteiger partial charge in [0.1, 0.15) is 5.82 Å². The van der Waals surface area contributed by atoms with Gasteiger partial charge in [-0.05, 0) is 25.1 Å². The standard InChI is InChI=1S/C14H16ClN3O2/c1-9(13-16-6-7-18(13)2)17-12-5-4-10(15)8-11(12)14(19)20-3/h4-9,17H,1-3H3. The molecule has 20 heavy (non-hydrogen) atoms. The number of rotatable bonds is 4. The smallest absolute Gasteiger partial charge is 0.340 e.